The monoisotopic (exact) mass is 324 g/mol. The summed E-state index contributed by atoms with van der Waals surface area (Å²) in [7, 11) is 1.99. The van der Waals surface area contributed by atoms with Crippen LogP contribution in [0.1, 0.15) is 25.7 Å². The summed E-state index contributed by atoms with van der Waals surface area (Å²) in [6.07, 6.45) is 9.40. The molecule has 2 atom stereocenters. The van der Waals surface area contributed by atoms with Crippen molar-refractivity contribution in [1.29, 1.82) is 0 Å². The van der Waals surface area contributed by atoms with Crippen LogP contribution < -0.4 is 4.90 Å². The van der Waals surface area contributed by atoms with Gasteiger partial charge in [-0.05, 0) is 28.8 Å². The van der Waals surface area contributed by atoms with E-state index in [1.54, 1.807) is 6.20 Å². The zero-order valence-electron chi connectivity index (χ0n) is 10.8. The standard InChI is InChI=1S/C13H17BrN4O/c1-17(9-4-2-3-5-10(9)19)13-12-15-6-7-18(12)8-11(14)16-13/h6-10,19H,2-5H2,1H3. The molecule has 5 nitrogen and oxygen atoms in total. The highest BCUT2D eigenvalue weighted by molar-refractivity contribution is 9.10. The molecule has 102 valence electrons. The normalized spacial score (nSPS) is 23.7. The van der Waals surface area contributed by atoms with Crippen LogP contribution in [0.5, 0.6) is 0 Å². The van der Waals surface area contributed by atoms with Crippen LogP contribution in [0.2, 0.25) is 0 Å². The maximum atomic E-state index is 10.2. The van der Waals surface area contributed by atoms with Gasteiger partial charge in [0.25, 0.3) is 0 Å². The molecule has 0 bridgehead atoms. The van der Waals surface area contributed by atoms with E-state index in [4.69, 9.17) is 0 Å². The minimum absolute atomic E-state index is 0.121. The maximum absolute atomic E-state index is 10.2. The van der Waals surface area contributed by atoms with Crippen molar-refractivity contribution < 1.29 is 5.11 Å². The van der Waals surface area contributed by atoms with Gasteiger partial charge in [0.15, 0.2) is 11.5 Å². The third kappa shape index (κ3) is 2.34. The van der Waals surface area contributed by atoms with Gasteiger partial charge in [-0.15, -0.1) is 0 Å². The van der Waals surface area contributed by atoms with E-state index in [0.717, 1.165) is 41.8 Å². The molecule has 0 radical (unpaired) electrons. The summed E-state index contributed by atoms with van der Waals surface area (Å²) < 4.78 is 2.71. The number of likely N-dealkylation sites (N-methyl/N-ethyl adjacent to an activating group) is 1. The Balaban J connectivity index is 2.00. The molecule has 2 aromatic rings. The van der Waals surface area contributed by atoms with Crippen LogP contribution in [-0.4, -0.2) is 38.7 Å². The number of halogens is 1. The lowest BCUT2D eigenvalue weighted by Gasteiger charge is -2.35. The molecule has 1 aliphatic rings. The second kappa shape index (κ2) is 5.09. The first-order valence-corrected chi connectivity index (χ1v) is 7.36. The van der Waals surface area contributed by atoms with E-state index in [1.807, 2.05) is 23.8 Å². The zero-order valence-corrected chi connectivity index (χ0v) is 12.4. The van der Waals surface area contributed by atoms with Crippen molar-refractivity contribution in [2.24, 2.45) is 0 Å². The van der Waals surface area contributed by atoms with Crippen molar-refractivity contribution in [1.82, 2.24) is 14.4 Å². The molecular weight excluding hydrogens is 308 g/mol. The summed E-state index contributed by atoms with van der Waals surface area (Å²) in [5.41, 5.74) is 0.823. The second-order valence-electron chi connectivity index (χ2n) is 5.08. The number of aromatic nitrogens is 3. The highest BCUT2D eigenvalue weighted by atomic mass is 79.9. The summed E-state index contributed by atoms with van der Waals surface area (Å²) in [6.45, 7) is 0. The van der Waals surface area contributed by atoms with E-state index >= 15 is 0 Å². The lowest BCUT2D eigenvalue weighted by Crippen LogP contribution is -2.44. The second-order valence-corrected chi connectivity index (χ2v) is 5.89. The first kappa shape index (κ1) is 12.9. The third-order valence-corrected chi connectivity index (χ3v) is 4.23. The number of anilines is 1. The number of hydrogen-bond acceptors (Lipinski definition) is 4. The minimum atomic E-state index is -0.283. The smallest absolute Gasteiger partial charge is 0.180 e. The quantitative estimate of drug-likeness (QED) is 0.920. The van der Waals surface area contributed by atoms with Crippen LogP contribution >= 0.6 is 15.9 Å². The fourth-order valence-corrected chi connectivity index (χ4v) is 3.21. The average Bonchev–Trinajstić information content (AvgIpc) is 2.85. The highest BCUT2D eigenvalue weighted by Crippen LogP contribution is 2.28. The number of aliphatic hydroxyl groups excluding tert-OH is 1. The molecular formula is C13H17BrN4O. The van der Waals surface area contributed by atoms with Gasteiger partial charge in [-0.1, -0.05) is 12.8 Å². The fourth-order valence-electron chi connectivity index (χ4n) is 2.82. The topological polar surface area (TPSA) is 53.7 Å². The summed E-state index contributed by atoms with van der Waals surface area (Å²) in [5, 5.41) is 10.2. The van der Waals surface area contributed by atoms with Gasteiger partial charge >= 0.3 is 0 Å². The van der Waals surface area contributed by atoms with E-state index < -0.39 is 0 Å². The van der Waals surface area contributed by atoms with Gasteiger partial charge in [0.1, 0.15) is 4.60 Å². The lowest BCUT2D eigenvalue weighted by molar-refractivity contribution is 0.106. The zero-order chi connectivity index (χ0) is 13.4. The van der Waals surface area contributed by atoms with Gasteiger partial charge in [0.2, 0.25) is 0 Å². The molecule has 19 heavy (non-hydrogen) atoms. The molecule has 0 spiro atoms. The maximum Gasteiger partial charge on any atom is 0.180 e. The Morgan fingerprint density at radius 2 is 2.21 bits per heavy atom. The van der Waals surface area contributed by atoms with E-state index in [0.29, 0.717) is 0 Å². The third-order valence-electron chi connectivity index (χ3n) is 3.85. The molecule has 1 saturated carbocycles. The number of rotatable bonds is 2. The Kier molecular flexibility index (Phi) is 3.45. The van der Waals surface area contributed by atoms with E-state index in [1.165, 1.54) is 0 Å². The molecule has 1 N–H and O–H groups in total. The highest BCUT2D eigenvalue weighted by Gasteiger charge is 2.28. The van der Waals surface area contributed by atoms with Crippen molar-refractivity contribution in [2.75, 3.05) is 11.9 Å². The van der Waals surface area contributed by atoms with E-state index in [2.05, 4.69) is 30.8 Å². The minimum Gasteiger partial charge on any atom is -0.391 e. The molecule has 1 aliphatic carbocycles. The first-order chi connectivity index (χ1) is 9.16. The number of aliphatic hydroxyl groups is 1. The molecule has 0 aliphatic heterocycles. The molecule has 0 aromatic carbocycles. The predicted molar refractivity (Wildman–Crippen MR) is 77.4 cm³/mol. The number of imidazole rings is 1. The van der Waals surface area contributed by atoms with Gasteiger partial charge < -0.3 is 14.4 Å². The lowest BCUT2D eigenvalue weighted by atomic mass is 9.91. The van der Waals surface area contributed by atoms with Crippen LogP contribution in [-0.2, 0) is 0 Å². The Labute approximate surface area is 120 Å². The summed E-state index contributed by atoms with van der Waals surface area (Å²) in [6, 6.07) is 0.121. The van der Waals surface area contributed by atoms with Crippen molar-refractivity contribution in [3.05, 3.63) is 23.2 Å². The molecule has 3 rings (SSSR count). The molecule has 1 fully saturated rings. The van der Waals surface area contributed by atoms with E-state index in [-0.39, 0.29) is 12.1 Å². The molecule has 2 aromatic heterocycles. The van der Waals surface area contributed by atoms with Crippen molar-refractivity contribution in [3.8, 4) is 0 Å². The predicted octanol–water partition coefficient (Wildman–Crippen LogP) is 2.23. The molecule has 0 amide bonds. The van der Waals surface area contributed by atoms with Gasteiger partial charge in [-0.3, -0.25) is 0 Å². The first-order valence-electron chi connectivity index (χ1n) is 6.57. The fraction of sp³-hybridized carbons (Fsp3) is 0.538. The van der Waals surface area contributed by atoms with Gasteiger partial charge in [-0.2, -0.15) is 0 Å². The van der Waals surface area contributed by atoms with E-state index in [9.17, 15) is 5.11 Å². The molecule has 6 heteroatoms. The largest absolute Gasteiger partial charge is 0.391 e. The van der Waals surface area contributed by atoms with Crippen LogP contribution in [0.4, 0.5) is 5.82 Å². The van der Waals surface area contributed by atoms with Gasteiger partial charge in [0.05, 0.1) is 12.1 Å². The van der Waals surface area contributed by atoms with Crippen LogP contribution in [0.15, 0.2) is 23.2 Å². The summed E-state index contributed by atoms with van der Waals surface area (Å²) >= 11 is 3.43. The Morgan fingerprint density at radius 1 is 1.42 bits per heavy atom. The number of fused-ring (bicyclic) bond motifs is 1. The number of nitrogens with zero attached hydrogens (tertiary/aromatic N) is 4. The molecule has 2 heterocycles. The Hall–Kier alpha value is -1.14. The molecule has 2 unspecified atom stereocenters. The van der Waals surface area contributed by atoms with Crippen molar-refractivity contribution in [3.63, 3.8) is 0 Å². The van der Waals surface area contributed by atoms with Crippen LogP contribution in [0, 0.1) is 0 Å². The van der Waals surface area contributed by atoms with Crippen LogP contribution in [0.3, 0.4) is 0 Å². The molecule has 0 saturated heterocycles. The Bertz CT molecular complexity index is 585. The number of hydrogen-bond donors (Lipinski definition) is 1. The Morgan fingerprint density at radius 3 is 3.00 bits per heavy atom. The van der Waals surface area contributed by atoms with Crippen LogP contribution in [0.25, 0.3) is 5.65 Å². The SMILES string of the molecule is CN(c1nc(Br)cn2ccnc12)C1CCCCC1O. The van der Waals surface area contributed by atoms with Gasteiger partial charge in [0, 0.05) is 25.6 Å². The van der Waals surface area contributed by atoms with Gasteiger partial charge in [-0.25, -0.2) is 9.97 Å². The summed E-state index contributed by atoms with van der Waals surface area (Å²) in [5.74, 6) is 0.810. The van der Waals surface area contributed by atoms with Crippen molar-refractivity contribution in [2.45, 2.75) is 37.8 Å². The van der Waals surface area contributed by atoms with Crippen molar-refractivity contribution >= 4 is 27.4 Å². The average molecular weight is 325 g/mol. The summed E-state index contributed by atoms with van der Waals surface area (Å²) in [4.78, 5) is 11.0.